The van der Waals surface area contributed by atoms with Crippen LogP contribution in [0.15, 0.2) is 48.5 Å². The Morgan fingerprint density at radius 1 is 1.00 bits per heavy atom. The molecule has 0 spiro atoms. The van der Waals surface area contributed by atoms with Gasteiger partial charge in [-0.15, -0.1) is 0 Å². The molecular formula is C20H21N5O. The van der Waals surface area contributed by atoms with Crippen LogP contribution in [0, 0.1) is 0 Å². The number of carbonyl (C=O) groups is 1. The van der Waals surface area contributed by atoms with E-state index in [0.717, 1.165) is 22.2 Å². The summed E-state index contributed by atoms with van der Waals surface area (Å²) in [6.07, 6.45) is 3.99. The van der Waals surface area contributed by atoms with Crippen molar-refractivity contribution >= 4 is 29.0 Å². The maximum absolute atomic E-state index is 12.5. The molecule has 2 heterocycles. The molecule has 1 aromatic heterocycles. The van der Waals surface area contributed by atoms with Crippen LogP contribution in [-0.2, 0) is 0 Å². The fourth-order valence-corrected chi connectivity index (χ4v) is 3.13. The molecule has 2 aromatic carbocycles. The Kier molecular flexibility index (Phi) is 4.51. The number of nitrogens with one attached hydrogen (secondary N) is 1. The molecule has 0 atom stereocenters. The van der Waals surface area contributed by atoms with Gasteiger partial charge in [0, 0.05) is 37.1 Å². The summed E-state index contributed by atoms with van der Waals surface area (Å²) in [5, 5.41) is 10.2. The molecule has 0 saturated carbocycles. The third-order valence-electron chi connectivity index (χ3n) is 4.69. The van der Waals surface area contributed by atoms with Gasteiger partial charge in [0.1, 0.15) is 0 Å². The van der Waals surface area contributed by atoms with Crippen LogP contribution in [-0.4, -0.2) is 52.2 Å². The van der Waals surface area contributed by atoms with Crippen molar-refractivity contribution in [2.45, 2.75) is 0 Å². The second-order valence-corrected chi connectivity index (χ2v) is 6.44. The number of piperazine rings is 1. The van der Waals surface area contributed by atoms with Crippen molar-refractivity contribution in [3.63, 3.8) is 0 Å². The first kappa shape index (κ1) is 16.5. The van der Waals surface area contributed by atoms with E-state index in [0.29, 0.717) is 31.7 Å². The van der Waals surface area contributed by atoms with Crippen molar-refractivity contribution in [1.82, 2.24) is 20.1 Å². The van der Waals surface area contributed by atoms with Gasteiger partial charge in [0.2, 0.25) is 0 Å². The maximum Gasteiger partial charge on any atom is 0.253 e. The molecule has 1 aliphatic rings. The number of amides is 1. The topological polar surface area (TPSA) is 78.2 Å². The van der Waals surface area contributed by atoms with E-state index < -0.39 is 0 Å². The van der Waals surface area contributed by atoms with Crippen molar-refractivity contribution in [2.75, 3.05) is 26.2 Å². The lowest BCUT2D eigenvalue weighted by molar-refractivity contribution is 0.0638. The fraction of sp³-hybridized carbons (Fsp3) is 0.200. The zero-order valence-corrected chi connectivity index (χ0v) is 14.4. The average molecular weight is 347 g/mol. The number of para-hydroxylation sites is 1. The zero-order valence-electron chi connectivity index (χ0n) is 14.4. The largest absolute Gasteiger partial charge is 0.336 e. The monoisotopic (exact) mass is 347 g/mol. The maximum atomic E-state index is 12.5. The summed E-state index contributed by atoms with van der Waals surface area (Å²) in [5.41, 5.74) is 3.66. The number of hydrogen-bond donors (Lipinski definition) is 2. The van der Waals surface area contributed by atoms with E-state index in [9.17, 15) is 4.79 Å². The Morgan fingerprint density at radius 3 is 2.50 bits per heavy atom. The SMILES string of the molecule is NN1CCN(C(=O)c2ccc(C=Cc3n[nH]c4ccccc34)cc2)CC1. The number of carbonyl (C=O) groups excluding carboxylic acids is 1. The molecule has 1 saturated heterocycles. The van der Waals surface area contributed by atoms with E-state index in [1.165, 1.54) is 0 Å². The minimum atomic E-state index is 0.0620. The van der Waals surface area contributed by atoms with E-state index >= 15 is 0 Å². The lowest BCUT2D eigenvalue weighted by Gasteiger charge is -2.32. The summed E-state index contributed by atoms with van der Waals surface area (Å²) in [6, 6.07) is 15.7. The average Bonchev–Trinajstić information content (AvgIpc) is 3.10. The molecule has 26 heavy (non-hydrogen) atoms. The van der Waals surface area contributed by atoms with Crippen LogP contribution in [0.3, 0.4) is 0 Å². The first-order valence-corrected chi connectivity index (χ1v) is 8.71. The molecule has 0 bridgehead atoms. The number of nitrogens with two attached hydrogens (primary N) is 1. The Labute approximate surface area is 151 Å². The highest BCUT2D eigenvalue weighted by atomic mass is 16.2. The summed E-state index contributed by atoms with van der Waals surface area (Å²) < 4.78 is 0. The summed E-state index contributed by atoms with van der Waals surface area (Å²) in [7, 11) is 0. The molecule has 1 fully saturated rings. The third-order valence-corrected chi connectivity index (χ3v) is 4.69. The molecule has 0 unspecified atom stereocenters. The van der Waals surface area contributed by atoms with E-state index in [1.54, 1.807) is 5.01 Å². The van der Waals surface area contributed by atoms with Gasteiger partial charge in [-0.05, 0) is 29.8 Å². The highest BCUT2D eigenvalue weighted by Gasteiger charge is 2.20. The molecule has 6 heteroatoms. The van der Waals surface area contributed by atoms with Gasteiger partial charge < -0.3 is 4.90 Å². The molecule has 132 valence electrons. The van der Waals surface area contributed by atoms with E-state index in [2.05, 4.69) is 10.2 Å². The molecule has 6 nitrogen and oxygen atoms in total. The van der Waals surface area contributed by atoms with Gasteiger partial charge in [0.05, 0.1) is 11.2 Å². The normalized spacial score (nSPS) is 15.8. The summed E-state index contributed by atoms with van der Waals surface area (Å²) in [6.45, 7) is 2.76. The first-order chi connectivity index (χ1) is 12.7. The van der Waals surface area contributed by atoms with Crippen LogP contribution in [0.1, 0.15) is 21.6 Å². The van der Waals surface area contributed by atoms with E-state index in [-0.39, 0.29) is 5.91 Å². The minimum absolute atomic E-state index is 0.0620. The summed E-state index contributed by atoms with van der Waals surface area (Å²) in [4.78, 5) is 14.4. The smallest absolute Gasteiger partial charge is 0.253 e. The molecule has 3 aromatic rings. The molecule has 1 amide bonds. The lowest BCUT2D eigenvalue weighted by atomic mass is 10.1. The Morgan fingerprint density at radius 2 is 1.73 bits per heavy atom. The van der Waals surface area contributed by atoms with Crippen LogP contribution in [0.25, 0.3) is 23.1 Å². The fourth-order valence-electron chi connectivity index (χ4n) is 3.13. The van der Waals surface area contributed by atoms with Crippen molar-refractivity contribution in [3.05, 3.63) is 65.4 Å². The third kappa shape index (κ3) is 3.37. The number of nitrogens with zero attached hydrogens (tertiary/aromatic N) is 3. The standard InChI is InChI=1S/C20H21N5O/c21-25-13-11-24(12-14-25)20(26)16-8-5-15(6-9-16)7-10-19-17-3-1-2-4-18(17)22-23-19/h1-10H,11-14,21H2,(H,22,23). The Hall–Kier alpha value is -2.96. The van der Waals surface area contributed by atoms with E-state index in [4.69, 9.17) is 5.84 Å². The second kappa shape index (κ2) is 7.11. The van der Waals surface area contributed by atoms with Gasteiger partial charge in [-0.1, -0.05) is 36.4 Å². The van der Waals surface area contributed by atoms with Crippen LogP contribution < -0.4 is 5.84 Å². The quantitative estimate of drug-likeness (QED) is 0.713. The predicted molar refractivity (Wildman–Crippen MR) is 103 cm³/mol. The number of hydrazine groups is 1. The molecule has 3 N–H and O–H groups in total. The molecule has 0 radical (unpaired) electrons. The van der Waals surface area contributed by atoms with Crippen LogP contribution in [0.4, 0.5) is 0 Å². The lowest BCUT2D eigenvalue weighted by Crippen LogP contribution is -2.51. The van der Waals surface area contributed by atoms with Crippen LogP contribution in [0.5, 0.6) is 0 Å². The molecule has 4 rings (SSSR count). The van der Waals surface area contributed by atoms with Crippen LogP contribution >= 0.6 is 0 Å². The number of rotatable bonds is 3. The first-order valence-electron chi connectivity index (χ1n) is 8.71. The molecule has 0 aliphatic carbocycles. The van der Waals surface area contributed by atoms with Crippen molar-refractivity contribution in [2.24, 2.45) is 5.84 Å². The van der Waals surface area contributed by atoms with Crippen molar-refractivity contribution in [1.29, 1.82) is 0 Å². The highest BCUT2D eigenvalue weighted by molar-refractivity contribution is 5.95. The predicted octanol–water partition coefficient (Wildman–Crippen LogP) is 2.36. The summed E-state index contributed by atoms with van der Waals surface area (Å²) in [5.74, 6) is 5.81. The number of H-pyrrole nitrogens is 1. The van der Waals surface area contributed by atoms with Gasteiger partial charge in [0.25, 0.3) is 5.91 Å². The number of benzene rings is 2. The number of fused-ring (bicyclic) bond motifs is 1. The number of aromatic amines is 1. The minimum Gasteiger partial charge on any atom is -0.336 e. The number of aromatic nitrogens is 2. The van der Waals surface area contributed by atoms with Crippen LogP contribution in [0.2, 0.25) is 0 Å². The van der Waals surface area contributed by atoms with E-state index in [1.807, 2.05) is 65.6 Å². The van der Waals surface area contributed by atoms with Gasteiger partial charge in [0.15, 0.2) is 0 Å². The zero-order chi connectivity index (χ0) is 17.9. The second-order valence-electron chi connectivity index (χ2n) is 6.44. The number of hydrogen-bond acceptors (Lipinski definition) is 4. The van der Waals surface area contributed by atoms with Gasteiger partial charge in [-0.3, -0.25) is 15.7 Å². The van der Waals surface area contributed by atoms with Gasteiger partial charge >= 0.3 is 0 Å². The highest BCUT2D eigenvalue weighted by Crippen LogP contribution is 2.18. The summed E-state index contributed by atoms with van der Waals surface area (Å²) >= 11 is 0. The van der Waals surface area contributed by atoms with Gasteiger partial charge in [-0.2, -0.15) is 5.10 Å². The molecule has 1 aliphatic heterocycles. The van der Waals surface area contributed by atoms with Crippen molar-refractivity contribution in [3.8, 4) is 0 Å². The Balaban J connectivity index is 1.46. The molecular weight excluding hydrogens is 326 g/mol. The van der Waals surface area contributed by atoms with Gasteiger partial charge in [-0.25, -0.2) is 5.01 Å². The van der Waals surface area contributed by atoms with Crippen molar-refractivity contribution < 1.29 is 4.79 Å². The Bertz CT molecular complexity index is 936.